The molecule has 9 heteroatoms. The largest absolute Gasteiger partial charge is 0.483 e. The van der Waals surface area contributed by atoms with Crippen LogP contribution in [0.25, 0.3) is 0 Å². The van der Waals surface area contributed by atoms with Crippen LogP contribution in [-0.4, -0.2) is 38.3 Å². The molecule has 0 aliphatic heterocycles. The number of halogens is 2. The fourth-order valence-corrected chi connectivity index (χ4v) is 5.43. The zero-order valence-electron chi connectivity index (χ0n) is 16.3. The Morgan fingerprint density at radius 3 is 2.21 bits per heavy atom. The van der Waals surface area contributed by atoms with E-state index in [-0.39, 0.29) is 17.4 Å². The number of carbonyl (C=O) groups is 1. The fraction of sp³-hybridized carbons (Fsp3) is 0.350. The Morgan fingerprint density at radius 2 is 1.66 bits per heavy atom. The summed E-state index contributed by atoms with van der Waals surface area (Å²) < 4.78 is 34.2. The topological polar surface area (TPSA) is 75.7 Å². The average molecular weight is 548 g/mol. The summed E-state index contributed by atoms with van der Waals surface area (Å²) in [6, 6.07) is 11.6. The molecular weight excluding hydrogens is 524 g/mol. The molecule has 29 heavy (non-hydrogen) atoms. The Morgan fingerprint density at radius 1 is 1.03 bits per heavy atom. The Bertz CT molecular complexity index is 928. The molecule has 0 spiro atoms. The molecule has 0 atom stereocenters. The van der Waals surface area contributed by atoms with Crippen molar-refractivity contribution in [2.45, 2.75) is 31.6 Å². The molecule has 0 unspecified atom stereocenters. The molecule has 2 aromatic rings. The number of ether oxygens (including phenoxy) is 1. The van der Waals surface area contributed by atoms with Crippen molar-refractivity contribution in [1.82, 2.24) is 4.31 Å². The van der Waals surface area contributed by atoms with Gasteiger partial charge < -0.3 is 10.1 Å². The summed E-state index contributed by atoms with van der Waals surface area (Å²) in [5.41, 5.74) is 0.505. The standard InChI is InChI=1S/C20H24Br2N2O4S/c1-3-11-24(12-4-2)29(26,27)17-8-6-16(7-9-17)23-20(25)14-28-19-10-5-15(21)13-18(19)22/h5-10,13H,3-4,11-12,14H2,1-2H3,(H,23,25). The van der Waals surface area contributed by atoms with Crippen molar-refractivity contribution >= 4 is 53.5 Å². The van der Waals surface area contributed by atoms with Crippen LogP contribution in [0.2, 0.25) is 0 Å². The predicted molar refractivity (Wildman–Crippen MR) is 122 cm³/mol. The first-order valence-corrected chi connectivity index (χ1v) is 12.3. The molecule has 0 radical (unpaired) electrons. The second-order valence-corrected chi connectivity index (χ2v) is 10.0. The maximum atomic E-state index is 12.8. The molecule has 0 aliphatic carbocycles. The fourth-order valence-electron chi connectivity index (χ4n) is 2.64. The lowest BCUT2D eigenvalue weighted by Crippen LogP contribution is -2.32. The van der Waals surface area contributed by atoms with Crippen LogP contribution in [0.4, 0.5) is 5.69 Å². The normalized spacial score (nSPS) is 11.5. The SMILES string of the molecule is CCCN(CCC)S(=O)(=O)c1ccc(NC(=O)COc2ccc(Br)cc2Br)cc1. The van der Waals surface area contributed by atoms with Crippen LogP contribution in [-0.2, 0) is 14.8 Å². The Kier molecular flexibility index (Phi) is 9.13. The first-order chi connectivity index (χ1) is 13.8. The van der Waals surface area contributed by atoms with Crippen molar-refractivity contribution in [2.24, 2.45) is 0 Å². The molecule has 158 valence electrons. The van der Waals surface area contributed by atoms with E-state index in [2.05, 4.69) is 37.2 Å². The van der Waals surface area contributed by atoms with E-state index in [1.807, 2.05) is 26.0 Å². The van der Waals surface area contributed by atoms with E-state index in [9.17, 15) is 13.2 Å². The highest BCUT2D eigenvalue weighted by Gasteiger charge is 2.22. The molecule has 0 fully saturated rings. The molecule has 1 N–H and O–H groups in total. The van der Waals surface area contributed by atoms with E-state index < -0.39 is 10.0 Å². The van der Waals surface area contributed by atoms with Gasteiger partial charge in [-0.1, -0.05) is 29.8 Å². The van der Waals surface area contributed by atoms with Crippen LogP contribution in [0.3, 0.4) is 0 Å². The van der Waals surface area contributed by atoms with Gasteiger partial charge in [-0.25, -0.2) is 8.42 Å². The van der Waals surface area contributed by atoms with Gasteiger partial charge in [0, 0.05) is 23.2 Å². The van der Waals surface area contributed by atoms with Crippen molar-refractivity contribution in [3.8, 4) is 5.75 Å². The third kappa shape index (κ3) is 6.80. The van der Waals surface area contributed by atoms with Gasteiger partial charge in [-0.15, -0.1) is 0 Å². The minimum absolute atomic E-state index is 0.166. The maximum Gasteiger partial charge on any atom is 0.262 e. The van der Waals surface area contributed by atoms with Gasteiger partial charge in [0.05, 0.1) is 9.37 Å². The van der Waals surface area contributed by atoms with Crippen molar-refractivity contribution in [1.29, 1.82) is 0 Å². The van der Waals surface area contributed by atoms with E-state index in [1.165, 1.54) is 16.4 Å². The predicted octanol–water partition coefficient (Wildman–Crippen LogP) is 5.04. The molecule has 0 bridgehead atoms. The van der Waals surface area contributed by atoms with Crippen LogP contribution in [0.1, 0.15) is 26.7 Å². The van der Waals surface area contributed by atoms with Crippen molar-refractivity contribution in [3.05, 3.63) is 51.4 Å². The summed E-state index contributed by atoms with van der Waals surface area (Å²) in [7, 11) is -3.54. The number of carbonyl (C=O) groups excluding carboxylic acids is 1. The zero-order valence-corrected chi connectivity index (χ0v) is 20.3. The Balaban J connectivity index is 1.99. The highest BCUT2D eigenvalue weighted by atomic mass is 79.9. The van der Waals surface area contributed by atoms with Gasteiger partial charge in [-0.05, 0) is 71.2 Å². The van der Waals surface area contributed by atoms with Gasteiger partial charge in [0.15, 0.2) is 6.61 Å². The van der Waals surface area contributed by atoms with E-state index in [1.54, 1.807) is 18.2 Å². The third-order valence-corrected chi connectivity index (χ3v) is 7.00. The first-order valence-electron chi connectivity index (χ1n) is 9.25. The minimum atomic E-state index is -3.54. The summed E-state index contributed by atoms with van der Waals surface area (Å²) in [5, 5.41) is 2.70. The van der Waals surface area contributed by atoms with Crippen LogP contribution >= 0.6 is 31.9 Å². The van der Waals surface area contributed by atoms with Crippen LogP contribution < -0.4 is 10.1 Å². The number of nitrogens with zero attached hydrogens (tertiary/aromatic N) is 1. The molecule has 2 rings (SSSR count). The summed E-state index contributed by atoms with van der Waals surface area (Å²) in [6.45, 7) is 4.70. The van der Waals surface area contributed by atoms with Crippen molar-refractivity contribution in [3.63, 3.8) is 0 Å². The highest BCUT2D eigenvalue weighted by Crippen LogP contribution is 2.28. The van der Waals surface area contributed by atoms with Gasteiger partial charge in [0.2, 0.25) is 10.0 Å². The van der Waals surface area contributed by atoms with Gasteiger partial charge in [-0.2, -0.15) is 4.31 Å². The molecule has 1 amide bonds. The van der Waals surface area contributed by atoms with Crippen LogP contribution in [0, 0.1) is 0 Å². The average Bonchev–Trinajstić information content (AvgIpc) is 2.67. The smallest absolute Gasteiger partial charge is 0.262 e. The Labute approximate surface area is 188 Å². The summed E-state index contributed by atoms with van der Waals surface area (Å²) in [6.07, 6.45) is 1.50. The minimum Gasteiger partial charge on any atom is -0.483 e. The number of nitrogens with one attached hydrogen (secondary N) is 1. The quantitative estimate of drug-likeness (QED) is 0.452. The number of amides is 1. The summed E-state index contributed by atoms with van der Waals surface area (Å²) in [5.74, 6) is 0.214. The second-order valence-electron chi connectivity index (χ2n) is 6.34. The monoisotopic (exact) mass is 546 g/mol. The molecular formula is C20H24Br2N2O4S. The van der Waals surface area contributed by atoms with Gasteiger partial charge >= 0.3 is 0 Å². The Hall–Kier alpha value is -1.42. The highest BCUT2D eigenvalue weighted by molar-refractivity contribution is 9.11. The molecule has 0 saturated carbocycles. The lowest BCUT2D eigenvalue weighted by Gasteiger charge is -2.21. The van der Waals surface area contributed by atoms with Crippen molar-refractivity contribution in [2.75, 3.05) is 25.0 Å². The lowest BCUT2D eigenvalue weighted by atomic mass is 10.3. The van der Waals surface area contributed by atoms with Crippen LogP contribution in [0.15, 0.2) is 56.3 Å². The van der Waals surface area contributed by atoms with E-state index >= 15 is 0 Å². The van der Waals surface area contributed by atoms with E-state index in [0.29, 0.717) is 24.5 Å². The second kappa shape index (κ2) is 11.1. The van der Waals surface area contributed by atoms with Gasteiger partial charge in [0.25, 0.3) is 5.91 Å². The first kappa shape index (κ1) is 23.9. The van der Waals surface area contributed by atoms with E-state index in [0.717, 1.165) is 21.8 Å². The number of rotatable bonds is 10. The van der Waals surface area contributed by atoms with Gasteiger partial charge in [-0.3, -0.25) is 4.79 Å². The molecule has 0 heterocycles. The van der Waals surface area contributed by atoms with Crippen molar-refractivity contribution < 1.29 is 17.9 Å². The number of hydrogen-bond acceptors (Lipinski definition) is 4. The lowest BCUT2D eigenvalue weighted by molar-refractivity contribution is -0.118. The number of anilines is 1. The van der Waals surface area contributed by atoms with Crippen LogP contribution in [0.5, 0.6) is 5.75 Å². The molecule has 2 aromatic carbocycles. The zero-order chi connectivity index (χ0) is 21.4. The molecule has 0 aromatic heterocycles. The summed E-state index contributed by atoms with van der Waals surface area (Å²) >= 11 is 6.73. The number of hydrogen-bond donors (Lipinski definition) is 1. The molecule has 0 aliphatic rings. The number of sulfonamides is 1. The van der Waals surface area contributed by atoms with E-state index in [4.69, 9.17) is 4.74 Å². The maximum absolute atomic E-state index is 12.8. The third-order valence-electron chi connectivity index (χ3n) is 3.97. The summed E-state index contributed by atoms with van der Waals surface area (Å²) in [4.78, 5) is 12.4. The molecule has 6 nitrogen and oxygen atoms in total. The molecule has 0 saturated heterocycles. The van der Waals surface area contributed by atoms with Gasteiger partial charge in [0.1, 0.15) is 5.75 Å². The number of benzene rings is 2.